The molecular formula is C19H19ClN4O3. The SMILES string of the molecule is CCOC(=O)c1cnc2n(c1=O)C(C)CC/C2=N\N=C\c1cccc(Cl)c1. The van der Waals surface area contributed by atoms with Gasteiger partial charge < -0.3 is 4.74 Å². The quantitative estimate of drug-likeness (QED) is 0.458. The summed E-state index contributed by atoms with van der Waals surface area (Å²) in [6, 6.07) is 7.15. The van der Waals surface area contributed by atoms with E-state index in [1.165, 1.54) is 10.8 Å². The molecule has 0 radical (unpaired) electrons. The summed E-state index contributed by atoms with van der Waals surface area (Å²) in [7, 11) is 0. The number of carbonyl (C=O) groups is 1. The fourth-order valence-corrected chi connectivity index (χ4v) is 3.07. The Morgan fingerprint density at radius 2 is 2.30 bits per heavy atom. The van der Waals surface area contributed by atoms with Crippen molar-refractivity contribution in [1.82, 2.24) is 9.55 Å². The van der Waals surface area contributed by atoms with Crippen LogP contribution in [0.15, 0.2) is 45.5 Å². The molecular weight excluding hydrogens is 368 g/mol. The van der Waals surface area contributed by atoms with Gasteiger partial charge in [0.25, 0.3) is 5.56 Å². The summed E-state index contributed by atoms with van der Waals surface area (Å²) in [4.78, 5) is 29.0. The Balaban J connectivity index is 1.95. The normalized spacial score (nSPS) is 17.9. The van der Waals surface area contributed by atoms with Gasteiger partial charge in [0.1, 0.15) is 11.3 Å². The number of hydrogen-bond donors (Lipinski definition) is 0. The van der Waals surface area contributed by atoms with Crippen molar-refractivity contribution in [3.63, 3.8) is 0 Å². The lowest BCUT2D eigenvalue weighted by molar-refractivity contribution is 0.0522. The van der Waals surface area contributed by atoms with Crippen molar-refractivity contribution in [2.45, 2.75) is 32.7 Å². The van der Waals surface area contributed by atoms with Crippen molar-refractivity contribution >= 4 is 29.5 Å². The van der Waals surface area contributed by atoms with Gasteiger partial charge in [-0.3, -0.25) is 9.36 Å². The van der Waals surface area contributed by atoms with Gasteiger partial charge in [0, 0.05) is 17.3 Å². The van der Waals surface area contributed by atoms with E-state index in [2.05, 4.69) is 15.2 Å². The molecule has 2 heterocycles. The predicted molar refractivity (Wildman–Crippen MR) is 104 cm³/mol. The van der Waals surface area contributed by atoms with E-state index in [0.29, 0.717) is 29.4 Å². The molecule has 8 heteroatoms. The number of benzene rings is 1. The lowest BCUT2D eigenvalue weighted by Crippen LogP contribution is -2.37. The molecule has 7 nitrogen and oxygen atoms in total. The first-order valence-corrected chi connectivity index (χ1v) is 9.03. The third kappa shape index (κ3) is 4.14. The van der Waals surface area contributed by atoms with Crippen molar-refractivity contribution in [2.75, 3.05) is 6.61 Å². The van der Waals surface area contributed by atoms with Crippen molar-refractivity contribution in [2.24, 2.45) is 10.2 Å². The summed E-state index contributed by atoms with van der Waals surface area (Å²) >= 11 is 5.95. The number of halogens is 1. The number of esters is 1. The maximum absolute atomic E-state index is 12.7. The van der Waals surface area contributed by atoms with E-state index < -0.39 is 11.5 Å². The van der Waals surface area contributed by atoms with Gasteiger partial charge in [0.15, 0.2) is 5.82 Å². The molecule has 2 aromatic rings. The largest absolute Gasteiger partial charge is 0.462 e. The van der Waals surface area contributed by atoms with Crippen LogP contribution in [-0.2, 0) is 4.74 Å². The van der Waals surface area contributed by atoms with Crippen molar-refractivity contribution < 1.29 is 9.53 Å². The van der Waals surface area contributed by atoms with Crippen molar-refractivity contribution in [1.29, 1.82) is 0 Å². The first-order valence-electron chi connectivity index (χ1n) is 8.65. The van der Waals surface area contributed by atoms with Gasteiger partial charge in [-0.05, 0) is 44.4 Å². The third-order valence-electron chi connectivity index (χ3n) is 4.22. The van der Waals surface area contributed by atoms with Gasteiger partial charge in [0.2, 0.25) is 0 Å². The molecule has 0 saturated heterocycles. The summed E-state index contributed by atoms with van der Waals surface area (Å²) in [5, 5.41) is 8.96. The third-order valence-corrected chi connectivity index (χ3v) is 4.46. The number of fused-ring (bicyclic) bond motifs is 1. The summed E-state index contributed by atoms with van der Waals surface area (Å²) in [6.45, 7) is 3.79. The molecule has 0 spiro atoms. The molecule has 0 saturated carbocycles. The fourth-order valence-electron chi connectivity index (χ4n) is 2.87. The molecule has 140 valence electrons. The number of carbonyl (C=O) groups excluding carboxylic acids is 1. The molecule has 0 aliphatic carbocycles. The highest BCUT2D eigenvalue weighted by atomic mass is 35.5. The second kappa shape index (κ2) is 8.26. The summed E-state index contributed by atoms with van der Waals surface area (Å²) in [6.07, 6.45) is 4.18. The zero-order valence-corrected chi connectivity index (χ0v) is 15.8. The van der Waals surface area contributed by atoms with Gasteiger partial charge in [-0.2, -0.15) is 10.2 Å². The molecule has 3 rings (SSSR count). The Morgan fingerprint density at radius 1 is 1.48 bits per heavy atom. The highest BCUT2D eigenvalue weighted by Gasteiger charge is 2.26. The first kappa shape index (κ1) is 19.0. The van der Waals surface area contributed by atoms with Crippen LogP contribution >= 0.6 is 11.6 Å². The van der Waals surface area contributed by atoms with Gasteiger partial charge >= 0.3 is 5.97 Å². The predicted octanol–water partition coefficient (Wildman–Crippen LogP) is 3.25. The van der Waals surface area contributed by atoms with Crippen LogP contribution in [0.25, 0.3) is 0 Å². The average Bonchev–Trinajstić information content (AvgIpc) is 2.64. The van der Waals surface area contributed by atoms with E-state index in [1.54, 1.807) is 25.3 Å². The van der Waals surface area contributed by atoms with Gasteiger partial charge in [-0.25, -0.2) is 9.78 Å². The van der Waals surface area contributed by atoms with E-state index in [-0.39, 0.29) is 18.2 Å². The topological polar surface area (TPSA) is 85.9 Å². The van der Waals surface area contributed by atoms with Crippen molar-refractivity contribution in [3.8, 4) is 0 Å². The molecule has 1 aliphatic rings. The van der Waals surface area contributed by atoms with E-state index in [4.69, 9.17) is 16.3 Å². The van der Waals surface area contributed by atoms with Crippen LogP contribution < -0.4 is 5.56 Å². The van der Waals surface area contributed by atoms with Crippen LogP contribution in [0.4, 0.5) is 0 Å². The zero-order valence-electron chi connectivity index (χ0n) is 15.1. The molecule has 1 aromatic carbocycles. The molecule has 1 unspecified atom stereocenters. The Kier molecular flexibility index (Phi) is 5.81. The van der Waals surface area contributed by atoms with E-state index in [1.807, 2.05) is 19.1 Å². The van der Waals surface area contributed by atoms with Crippen molar-refractivity contribution in [3.05, 3.63) is 62.8 Å². The number of hydrogen-bond acceptors (Lipinski definition) is 6. The monoisotopic (exact) mass is 386 g/mol. The second-order valence-corrected chi connectivity index (χ2v) is 6.56. The van der Waals surface area contributed by atoms with E-state index in [0.717, 1.165) is 5.56 Å². The van der Waals surface area contributed by atoms with Gasteiger partial charge in [0.05, 0.1) is 12.8 Å². The Hall–Kier alpha value is -2.80. The summed E-state index contributed by atoms with van der Waals surface area (Å²) < 4.78 is 6.42. The minimum Gasteiger partial charge on any atom is -0.462 e. The van der Waals surface area contributed by atoms with Gasteiger partial charge in [-0.1, -0.05) is 23.7 Å². The smallest absolute Gasteiger partial charge is 0.345 e. The fraction of sp³-hybridized carbons (Fsp3) is 0.316. The molecule has 1 aliphatic heterocycles. The lowest BCUT2D eigenvalue weighted by Gasteiger charge is -2.24. The molecule has 1 atom stereocenters. The standard InChI is InChI=1S/C19H19ClN4O3/c1-3-27-19(26)15-11-21-17-16(8-7-12(2)24(17)18(15)25)23-22-10-13-5-4-6-14(20)9-13/h4-6,9-12H,3,7-8H2,1-2H3/b22-10+,23-16+. The molecule has 0 N–H and O–H groups in total. The average molecular weight is 387 g/mol. The summed E-state index contributed by atoms with van der Waals surface area (Å²) in [5.41, 5.74) is 0.922. The Labute approximate surface area is 161 Å². The second-order valence-electron chi connectivity index (χ2n) is 6.13. The highest BCUT2D eigenvalue weighted by molar-refractivity contribution is 6.30. The van der Waals surface area contributed by atoms with E-state index in [9.17, 15) is 9.59 Å². The van der Waals surface area contributed by atoms with Crippen LogP contribution in [0.2, 0.25) is 5.02 Å². The lowest BCUT2D eigenvalue weighted by atomic mass is 10.0. The van der Waals surface area contributed by atoms with Crippen LogP contribution in [0.5, 0.6) is 0 Å². The maximum Gasteiger partial charge on any atom is 0.345 e. The van der Waals surface area contributed by atoms with Gasteiger partial charge in [-0.15, -0.1) is 0 Å². The molecule has 0 amide bonds. The van der Waals surface area contributed by atoms with E-state index >= 15 is 0 Å². The first-order chi connectivity index (χ1) is 13.0. The molecule has 0 fully saturated rings. The zero-order chi connectivity index (χ0) is 19.4. The Morgan fingerprint density at radius 3 is 3.04 bits per heavy atom. The molecule has 27 heavy (non-hydrogen) atoms. The maximum atomic E-state index is 12.7. The number of ether oxygens (including phenoxy) is 1. The van der Waals surface area contributed by atoms with Crippen LogP contribution in [0, 0.1) is 0 Å². The summed E-state index contributed by atoms with van der Waals surface area (Å²) in [5.74, 6) is -0.240. The number of nitrogens with zero attached hydrogens (tertiary/aromatic N) is 4. The van der Waals surface area contributed by atoms with Crippen LogP contribution in [0.3, 0.4) is 0 Å². The highest BCUT2D eigenvalue weighted by Crippen LogP contribution is 2.22. The minimum atomic E-state index is -0.666. The molecule has 1 aromatic heterocycles. The van der Waals surface area contributed by atoms with Crippen LogP contribution in [-0.4, -0.2) is 34.1 Å². The number of rotatable bonds is 4. The van der Waals surface area contributed by atoms with Crippen LogP contribution in [0.1, 0.15) is 54.5 Å². The Bertz CT molecular complexity index is 981. The number of aromatic nitrogens is 2. The molecule has 0 bridgehead atoms. The minimum absolute atomic E-state index is 0.0730.